The fraction of sp³-hybridized carbons (Fsp3) is 0.364. The molecule has 0 heterocycles. The van der Waals surface area contributed by atoms with Gasteiger partial charge in [0.15, 0.2) is 5.75 Å². The molecule has 0 aliphatic heterocycles. The Labute approximate surface area is 104 Å². The van der Waals surface area contributed by atoms with Crippen LogP contribution in [0.3, 0.4) is 0 Å². The van der Waals surface area contributed by atoms with Gasteiger partial charge in [-0.05, 0) is 18.1 Å². The molecule has 5 heteroatoms. The Balaban J connectivity index is 3.09. The predicted molar refractivity (Wildman–Crippen MR) is 65.3 cm³/mol. The summed E-state index contributed by atoms with van der Waals surface area (Å²) in [7, 11) is 0. The zero-order valence-corrected chi connectivity index (χ0v) is 10.6. The molecule has 0 saturated carbocycles. The second kappa shape index (κ2) is 5.41. The second-order valence-electron chi connectivity index (χ2n) is 3.83. The number of amides is 1. The van der Waals surface area contributed by atoms with E-state index in [9.17, 15) is 4.79 Å². The number of hydrogen-bond donors (Lipinski definition) is 1. The van der Waals surface area contributed by atoms with Crippen molar-refractivity contribution >= 4 is 29.1 Å². The van der Waals surface area contributed by atoms with E-state index >= 15 is 0 Å². The summed E-state index contributed by atoms with van der Waals surface area (Å²) in [6.45, 7) is 4.45. The highest BCUT2D eigenvalue weighted by molar-refractivity contribution is 6.36. The van der Waals surface area contributed by atoms with Gasteiger partial charge >= 0.3 is 0 Å². The Morgan fingerprint density at radius 1 is 1.44 bits per heavy atom. The fourth-order valence-electron chi connectivity index (χ4n) is 1.14. The Kier molecular flexibility index (Phi) is 4.44. The van der Waals surface area contributed by atoms with E-state index in [2.05, 4.69) is 0 Å². The maximum Gasteiger partial charge on any atom is 0.252 e. The van der Waals surface area contributed by atoms with Gasteiger partial charge in [-0.1, -0.05) is 37.0 Å². The van der Waals surface area contributed by atoms with E-state index in [-0.39, 0.29) is 5.56 Å². The molecule has 0 aliphatic rings. The molecule has 0 unspecified atom stereocenters. The van der Waals surface area contributed by atoms with Crippen molar-refractivity contribution < 1.29 is 9.53 Å². The highest BCUT2D eigenvalue weighted by Gasteiger charge is 2.15. The molecule has 0 radical (unpaired) electrons. The molecule has 0 aliphatic carbocycles. The standard InChI is InChI=1S/C11H13Cl2NO2/c1-6(2)5-16-10-8(11(14)15)3-7(12)4-9(10)13/h3-4,6H,5H2,1-2H3,(H2,14,15). The number of rotatable bonds is 4. The number of benzene rings is 1. The van der Waals surface area contributed by atoms with Gasteiger partial charge in [0.1, 0.15) is 0 Å². The monoisotopic (exact) mass is 261 g/mol. The summed E-state index contributed by atoms with van der Waals surface area (Å²) in [6.07, 6.45) is 0. The second-order valence-corrected chi connectivity index (χ2v) is 4.68. The Morgan fingerprint density at radius 3 is 2.56 bits per heavy atom. The molecule has 1 aromatic carbocycles. The van der Waals surface area contributed by atoms with Crippen LogP contribution in [0.25, 0.3) is 0 Å². The van der Waals surface area contributed by atoms with Crippen molar-refractivity contribution in [1.82, 2.24) is 0 Å². The lowest BCUT2D eigenvalue weighted by molar-refractivity contribution is 0.0995. The number of primary amides is 1. The summed E-state index contributed by atoms with van der Waals surface area (Å²) >= 11 is 11.7. The van der Waals surface area contributed by atoms with Crippen molar-refractivity contribution in [1.29, 1.82) is 0 Å². The summed E-state index contributed by atoms with van der Waals surface area (Å²) < 4.78 is 5.45. The maximum atomic E-state index is 11.2. The molecule has 0 saturated heterocycles. The predicted octanol–water partition coefficient (Wildman–Crippen LogP) is 3.13. The lowest BCUT2D eigenvalue weighted by Gasteiger charge is -2.13. The van der Waals surface area contributed by atoms with Crippen molar-refractivity contribution in [2.45, 2.75) is 13.8 Å². The van der Waals surface area contributed by atoms with Crippen molar-refractivity contribution in [2.75, 3.05) is 6.61 Å². The van der Waals surface area contributed by atoms with Crippen molar-refractivity contribution in [3.63, 3.8) is 0 Å². The number of nitrogens with two attached hydrogens (primary N) is 1. The molecule has 16 heavy (non-hydrogen) atoms. The van der Waals surface area contributed by atoms with Crippen LogP contribution in [-0.4, -0.2) is 12.5 Å². The molecule has 1 aromatic rings. The lowest BCUT2D eigenvalue weighted by Crippen LogP contribution is -2.15. The number of hydrogen-bond acceptors (Lipinski definition) is 2. The first-order chi connectivity index (χ1) is 7.41. The minimum absolute atomic E-state index is 0.207. The summed E-state index contributed by atoms with van der Waals surface area (Å²) in [6, 6.07) is 2.97. The molecule has 0 aromatic heterocycles. The Hall–Kier alpha value is -0.930. The SMILES string of the molecule is CC(C)COc1c(Cl)cc(Cl)cc1C(N)=O. The van der Waals surface area contributed by atoms with E-state index in [0.29, 0.717) is 28.3 Å². The molecular formula is C11H13Cl2NO2. The third-order valence-electron chi connectivity index (χ3n) is 1.83. The van der Waals surface area contributed by atoms with Gasteiger partial charge in [-0.25, -0.2) is 0 Å². The third-order valence-corrected chi connectivity index (χ3v) is 2.33. The van der Waals surface area contributed by atoms with Crippen LogP contribution in [0.15, 0.2) is 12.1 Å². The van der Waals surface area contributed by atoms with Crippen molar-refractivity contribution in [3.05, 3.63) is 27.7 Å². The van der Waals surface area contributed by atoms with E-state index in [0.717, 1.165) is 0 Å². The molecule has 1 rings (SSSR count). The minimum atomic E-state index is -0.608. The van der Waals surface area contributed by atoms with Gasteiger partial charge in [-0.3, -0.25) is 4.79 Å². The van der Waals surface area contributed by atoms with Gasteiger partial charge in [-0.2, -0.15) is 0 Å². The van der Waals surface area contributed by atoms with E-state index < -0.39 is 5.91 Å². The first-order valence-corrected chi connectivity index (χ1v) is 5.59. The molecule has 3 nitrogen and oxygen atoms in total. The zero-order chi connectivity index (χ0) is 12.3. The van der Waals surface area contributed by atoms with Crippen LogP contribution in [-0.2, 0) is 0 Å². The number of halogens is 2. The topological polar surface area (TPSA) is 52.3 Å². The van der Waals surface area contributed by atoms with Crippen molar-refractivity contribution in [2.24, 2.45) is 11.7 Å². The Morgan fingerprint density at radius 2 is 2.06 bits per heavy atom. The highest BCUT2D eigenvalue weighted by atomic mass is 35.5. The largest absolute Gasteiger partial charge is 0.491 e. The summed E-state index contributed by atoms with van der Waals surface area (Å²) in [5.41, 5.74) is 5.43. The Bertz CT molecular complexity index is 405. The van der Waals surface area contributed by atoms with Crippen LogP contribution in [0.4, 0.5) is 0 Å². The van der Waals surface area contributed by atoms with Crippen LogP contribution < -0.4 is 10.5 Å². The van der Waals surface area contributed by atoms with E-state index in [1.54, 1.807) is 0 Å². The average molecular weight is 262 g/mol. The fourth-order valence-corrected chi connectivity index (χ4v) is 1.69. The van der Waals surface area contributed by atoms with E-state index in [1.165, 1.54) is 12.1 Å². The van der Waals surface area contributed by atoms with Gasteiger partial charge in [0.2, 0.25) is 0 Å². The highest BCUT2D eigenvalue weighted by Crippen LogP contribution is 2.32. The van der Waals surface area contributed by atoms with Gasteiger partial charge < -0.3 is 10.5 Å². The summed E-state index contributed by atoms with van der Waals surface area (Å²) in [5.74, 6) is 0.0166. The number of carbonyl (C=O) groups excluding carboxylic acids is 1. The molecule has 0 fully saturated rings. The molecule has 2 N–H and O–H groups in total. The minimum Gasteiger partial charge on any atom is -0.491 e. The average Bonchev–Trinajstić information content (AvgIpc) is 2.14. The molecule has 0 spiro atoms. The molecule has 0 atom stereocenters. The normalized spacial score (nSPS) is 10.6. The first-order valence-electron chi connectivity index (χ1n) is 4.83. The van der Waals surface area contributed by atoms with Crippen LogP contribution in [0.1, 0.15) is 24.2 Å². The summed E-state index contributed by atoms with van der Waals surface area (Å²) in [4.78, 5) is 11.2. The van der Waals surface area contributed by atoms with E-state index in [1.807, 2.05) is 13.8 Å². The number of ether oxygens (including phenoxy) is 1. The number of carbonyl (C=O) groups is 1. The van der Waals surface area contributed by atoms with Gasteiger partial charge in [0, 0.05) is 5.02 Å². The first kappa shape index (κ1) is 13.1. The van der Waals surface area contributed by atoms with Crippen LogP contribution in [0.5, 0.6) is 5.75 Å². The van der Waals surface area contributed by atoms with Gasteiger partial charge in [0.05, 0.1) is 17.2 Å². The quantitative estimate of drug-likeness (QED) is 0.906. The zero-order valence-electron chi connectivity index (χ0n) is 9.09. The lowest BCUT2D eigenvalue weighted by atomic mass is 10.2. The van der Waals surface area contributed by atoms with Gasteiger partial charge in [0.25, 0.3) is 5.91 Å². The maximum absolute atomic E-state index is 11.2. The van der Waals surface area contributed by atoms with E-state index in [4.69, 9.17) is 33.7 Å². The van der Waals surface area contributed by atoms with Gasteiger partial charge in [-0.15, -0.1) is 0 Å². The molecule has 88 valence electrons. The molecule has 1 amide bonds. The summed E-state index contributed by atoms with van der Waals surface area (Å²) in [5, 5.41) is 0.651. The van der Waals surface area contributed by atoms with Crippen molar-refractivity contribution in [3.8, 4) is 5.75 Å². The van der Waals surface area contributed by atoms with Crippen LogP contribution in [0, 0.1) is 5.92 Å². The smallest absolute Gasteiger partial charge is 0.252 e. The van der Waals surface area contributed by atoms with Crippen LogP contribution >= 0.6 is 23.2 Å². The molecular weight excluding hydrogens is 249 g/mol. The molecule has 0 bridgehead atoms. The van der Waals surface area contributed by atoms with Crippen LogP contribution in [0.2, 0.25) is 10.0 Å². The third kappa shape index (κ3) is 3.29.